The number of carbonyl (C=O) groups is 2. The summed E-state index contributed by atoms with van der Waals surface area (Å²) in [6.45, 7) is -0.384. The van der Waals surface area contributed by atoms with Crippen molar-refractivity contribution in [2.24, 2.45) is 0 Å². The molecule has 0 bridgehead atoms. The second kappa shape index (κ2) is 12.2. The maximum Gasteiger partial charge on any atom is 0.407 e. The number of aliphatic hydroxyl groups is 1. The Morgan fingerprint density at radius 2 is 1.97 bits per heavy atom. The minimum absolute atomic E-state index is 0.0389. The fourth-order valence-electron chi connectivity index (χ4n) is 4.62. The quantitative estimate of drug-likeness (QED) is 0.348. The Bertz CT molecular complexity index is 1320. The van der Waals surface area contributed by atoms with Crippen LogP contribution in [0.5, 0.6) is 0 Å². The van der Waals surface area contributed by atoms with Crippen LogP contribution < -0.4 is 16.4 Å². The Morgan fingerprint density at radius 1 is 1.21 bits per heavy atom. The molecular weight excluding hydrogens is 513 g/mol. The van der Waals surface area contributed by atoms with Crippen molar-refractivity contribution >= 4 is 29.4 Å². The number of ether oxygens (including phenoxy) is 1. The van der Waals surface area contributed by atoms with Gasteiger partial charge in [-0.15, -0.1) is 0 Å². The number of nitrogens with two attached hydrogens (primary N) is 1. The Labute approximate surface area is 224 Å². The number of aromatic nitrogens is 2. The normalized spacial score (nSPS) is 17.9. The maximum absolute atomic E-state index is 15.1. The number of hydrogen-bond acceptors (Lipinski definition) is 7. The fraction of sp³-hybridized carbons (Fsp3) is 0.333. The van der Waals surface area contributed by atoms with E-state index in [4.69, 9.17) is 17.3 Å². The molecule has 0 aliphatic heterocycles. The van der Waals surface area contributed by atoms with E-state index in [2.05, 4.69) is 25.3 Å². The van der Waals surface area contributed by atoms with Gasteiger partial charge < -0.3 is 26.2 Å². The molecule has 38 heavy (non-hydrogen) atoms. The summed E-state index contributed by atoms with van der Waals surface area (Å²) in [5, 5.41) is 15.7. The summed E-state index contributed by atoms with van der Waals surface area (Å²) >= 11 is 6.01. The number of amides is 2. The average molecular weight is 542 g/mol. The molecule has 200 valence electrons. The van der Waals surface area contributed by atoms with Crippen molar-refractivity contribution in [2.45, 2.75) is 43.7 Å². The van der Waals surface area contributed by atoms with Gasteiger partial charge in [-0.1, -0.05) is 29.8 Å². The lowest BCUT2D eigenvalue weighted by molar-refractivity contribution is 0.0912. The number of nitrogens with zero attached hydrogens (tertiary/aromatic N) is 2. The summed E-state index contributed by atoms with van der Waals surface area (Å²) in [4.78, 5) is 33.2. The van der Waals surface area contributed by atoms with Crippen LogP contribution in [0, 0.1) is 5.82 Å². The zero-order valence-electron chi connectivity index (χ0n) is 20.8. The fourth-order valence-corrected chi connectivity index (χ4v) is 4.82. The number of aliphatic hydroxyl groups excluding tert-OH is 1. The molecule has 1 heterocycles. The zero-order chi connectivity index (χ0) is 27.2. The second-order valence-electron chi connectivity index (χ2n) is 9.17. The highest BCUT2D eigenvalue weighted by Gasteiger charge is 2.26. The molecule has 1 aliphatic rings. The van der Waals surface area contributed by atoms with Crippen LogP contribution in [-0.2, 0) is 4.74 Å². The van der Waals surface area contributed by atoms with Crippen LogP contribution in [0.1, 0.15) is 59.3 Å². The zero-order valence-corrected chi connectivity index (χ0v) is 21.5. The molecule has 9 nitrogen and oxygen atoms in total. The number of rotatable bonds is 7. The molecule has 3 aromatic rings. The minimum atomic E-state index is -0.760. The Hall–Kier alpha value is -3.76. The summed E-state index contributed by atoms with van der Waals surface area (Å²) in [6, 6.07) is 10.1. The number of anilines is 1. The largest absolute Gasteiger partial charge is 0.453 e. The molecule has 4 rings (SSSR count). The van der Waals surface area contributed by atoms with Gasteiger partial charge in [-0.3, -0.25) is 4.79 Å². The lowest BCUT2D eigenvalue weighted by atomic mass is 9.84. The number of methoxy groups -OCH3 is 1. The third-order valence-corrected chi connectivity index (χ3v) is 6.93. The molecule has 2 amide bonds. The van der Waals surface area contributed by atoms with Crippen molar-refractivity contribution in [3.05, 3.63) is 76.3 Å². The smallest absolute Gasteiger partial charge is 0.407 e. The lowest BCUT2D eigenvalue weighted by Gasteiger charge is -2.28. The van der Waals surface area contributed by atoms with E-state index in [1.54, 1.807) is 36.5 Å². The number of halogens is 2. The van der Waals surface area contributed by atoms with Gasteiger partial charge in [0.1, 0.15) is 17.3 Å². The highest BCUT2D eigenvalue weighted by Crippen LogP contribution is 2.34. The van der Waals surface area contributed by atoms with Crippen molar-refractivity contribution < 1.29 is 23.8 Å². The van der Waals surface area contributed by atoms with Gasteiger partial charge in [0.05, 0.1) is 37.2 Å². The molecule has 5 N–H and O–H groups in total. The first-order valence-electron chi connectivity index (χ1n) is 12.2. The van der Waals surface area contributed by atoms with Gasteiger partial charge in [0, 0.05) is 22.5 Å². The number of nitrogens with one attached hydrogen (secondary N) is 2. The number of nitrogen functional groups attached to an aromatic ring is 1. The molecule has 0 saturated heterocycles. The molecule has 0 radical (unpaired) electrons. The van der Waals surface area contributed by atoms with Crippen LogP contribution in [0.25, 0.3) is 11.3 Å². The summed E-state index contributed by atoms with van der Waals surface area (Å²) in [7, 11) is 1.33. The number of benzene rings is 2. The molecule has 1 atom stereocenters. The molecule has 2 aromatic carbocycles. The topological polar surface area (TPSA) is 139 Å². The molecule has 1 saturated carbocycles. The summed E-state index contributed by atoms with van der Waals surface area (Å²) in [5.41, 5.74) is 7.94. The molecule has 1 fully saturated rings. The second-order valence-corrected chi connectivity index (χ2v) is 9.61. The monoisotopic (exact) mass is 541 g/mol. The lowest BCUT2D eigenvalue weighted by Crippen LogP contribution is -2.37. The predicted molar refractivity (Wildman–Crippen MR) is 141 cm³/mol. The van der Waals surface area contributed by atoms with Gasteiger partial charge >= 0.3 is 6.09 Å². The van der Waals surface area contributed by atoms with E-state index < -0.39 is 23.9 Å². The number of carbonyl (C=O) groups excluding carboxylic acids is 2. The summed E-state index contributed by atoms with van der Waals surface area (Å²) in [6.07, 6.45) is 4.30. The Balaban J connectivity index is 1.48. The van der Waals surface area contributed by atoms with Crippen LogP contribution in [0.4, 0.5) is 15.0 Å². The van der Waals surface area contributed by atoms with Gasteiger partial charge in [-0.25, -0.2) is 19.2 Å². The first kappa shape index (κ1) is 27.3. The van der Waals surface area contributed by atoms with Crippen LogP contribution in [-0.4, -0.2) is 46.8 Å². The van der Waals surface area contributed by atoms with E-state index in [1.807, 2.05) is 0 Å². The Morgan fingerprint density at radius 3 is 2.63 bits per heavy atom. The third kappa shape index (κ3) is 6.38. The summed E-state index contributed by atoms with van der Waals surface area (Å²) in [5.74, 6) is -1.18. The van der Waals surface area contributed by atoms with E-state index >= 15 is 4.39 Å². The molecule has 0 spiro atoms. The summed E-state index contributed by atoms with van der Waals surface area (Å²) < 4.78 is 19.8. The number of alkyl carbamates (subject to hydrolysis) is 1. The van der Waals surface area contributed by atoms with E-state index in [0.717, 1.165) is 31.4 Å². The third-order valence-electron chi connectivity index (χ3n) is 6.70. The van der Waals surface area contributed by atoms with E-state index in [1.165, 1.54) is 19.2 Å². The minimum Gasteiger partial charge on any atom is -0.453 e. The first-order chi connectivity index (χ1) is 18.3. The van der Waals surface area contributed by atoms with Crippen molar-refractivity contribution in [3.63, 3.8) is 0 Å². The van der Waals surface area contributed by atoms with E-state index in [0.29, 0.717) is 21.8 Å². The van der Waals surface area contributed by atoms with Crippen molar-refractivity contribution in [2.75, 3.05) is 19.5 Å². The highest BCUT2D eigenvalue weighted by atomic mass is 35.5. The highest BCUT2D eigenvalue weighted by molar-refractivity contribution is 6.30. The SMILES string of the molecule is COC(=O)NC1CCC(c2cnc(N)c(-c3ccc(C(=O)NC(CO)c4cccc(Cl)c4)c(F)c3)n2)CC1. The maximum atomic E-state index is 15.1. The van der Waals surface area contributed by atoms with Crippen LogP contribution in [0.3, 0.4) is 0 Å². The molecule has 1 aliphatic carbocycles. The predicted octanol–water partition coefficient (Wildman–Crippen LogP) is 4.36. The van der Waals surface area contributed by atoms with Crippen molar-refractivity contribution in [3.8, 4) is 11.3 Å². The standard InChI is InChI=1S/C27H29ClFN5O4/c1-38-27(37)32-19-8-5-15(6-9-19)22-13-31-25(30)24(33-22)17-7-10-20(21(29)12-17)26(36)34-23(14-35)16-3-2-4-18(28)11-16/h2-4,7,10-13,15,19,23,35H,5-6,8-9,14H2,1H3,(H2,30,31)(H,32,37)(H,34,36). The molecule has 11 heteroatoms. The van der Waals surface area contributed by atoms with Crippen molar-refractivity contribution in [1.29, 1.82) is 0 Å². The average Bonchev–Trinajstić information content (AvgIpc) is 2.92. The Kier molecular flexibility index (Phi) is 8.75. The van der Waals surface area contributed by atoms with Gasteiger partial charge in [0.15, 0.2) is 0 Å². The molecule has 1 aromatic heterocycles. The first-order valence-corrected chi connectivity index (χ1v) is 12.6. The van der Waals surface area contributed by atoms with E-state index in [9.17, 15) is 14.7 Å². The van der Waals surface area contributed by atoms with Crippen LogP contribution in [0.2, 0.25) is 5.02 Å². The number of hydrogen-bond donors (Lipinski definition) is 4. The van der Waals surface area contributed by atoms with Gasteiger partial charge in [-0.2, -0.15) is 0 Å². The van der Waals surface area contributed by atoms with Gasteiger partial charge in [0.25, 0.3) is 5.91 Å². The van der Waals surface area contributed by atoms with Gasteiger partial charge in [0.2, 0.25) is 0 Å². The van der Waals surface area contributed by atoms with E-state index in [-0.39, 0.29) is 29.9 Å². The van der Waals surface area contributed by atoms with Crippen LogP contribution >= 0.6 is 11.6 Å². The molecule has 1 unspecified atom stereocenters. The van der Waals surface area contributed by atoms with Crippen molar-refractivity contribution in [1.82, 2.24) is 20.6 Å². The van der Waals surface area contributed by atoms with Gasteiger partial charge in [-0.05, 0) is 55.5 Å². The molecular formula is C27H29ClFN5O4. The van der Waals surface area contributed by atoms with Crippen LogP contribution in [0.15, 0.2) is 48.7 Å².